The molecule has 0 radical (unpaired) electrons. The Bertz CT molecular complexity index is 402. The number of hydrogen-bond donors (Lipinski definition) is 1. The highest BCUT2D eigenvalue weighted by molar-refractivity contribution is 7.09. The predicted molar refractivity (Wildman–Crippen MR) is 47.3 cm³/mol. The van der Waals surface area contributed by atoms with Crippen LogP contribution in [0.25, 0.3) is 10.7 Å². The SMILES string of the molecule is c1nnsc1-c1n[nH]c(C2CC2)n1. The first-order valence-corrected chi connectivity index (χ1v) is 4.91. The highest BCUT2D eigenvalue weighted by Crippen LogP contribution is 2.38. The summed E-state index contributed by atoms with van der Waals surface area (Å²) in [5.41, 5.74) is 0. The van der Waals surface area contributed by atoms with Crippen LogP contribution in [0.1, 0.15) is 24.6 Å². The second kappa shape index (κ2) is 2.59. The zero-order valence-corrected chi connectivity index (χ0v) is 7.58. The van der Waals surface area contributed by atoms with Gasteiger partial charge in [-0.3, -0.25) is 5.10 Å². The summed E-state index contributed by atoms with van der Waals surface area (Å²) in [4.78, 5) is 5.30. The minimum absolute atomic E-state index is 0.613. The van der Waals surface area contributed by atoms with E-state index in [1.165, 1.54) is 24.4 Å². The van der Waals surface area contributed by atoms with Gasteiger partial charge in [0.2, 0.25) is 0 Å². The van der Waals surface area contributed by atoms with Crippen molar-refractivity contribution in [3.8, 4) is 10.7 Å². The van der Waals surface area contributed by atoms with Crippen LogP contribution in [-0.4, -0.2) is 24.8 Å². The maximum Gasteiger partial charge on any atom is 0.194 e. The largest absolute Gasteiger partial charge is 0.262 e. The van der Waals surface area contributed by atoms with Crippen molar-refractivity contribution in [3.63, 3.8) is 0 Å². The van der Waals surface area contributed by atoms with E-state index in [9.17, 15) is 0 Å². The molecule has 3 rings (SSSR count). The van der Waals surface area contributed by atoms with E-state index >= 15 is 0 Å². The van der Waals surface area contributed by atoms with Gasteiger partial charge in [-0.2, -0.15) is 5.10 Å². The molecule has 0 unspecified atom stereocenters. The summed E-state index contributed by atoms with van der Waals surface area (Å²) >= 11 is 1.32. The van der Waals surface area contributed by atoms with Gasteiger partial charge in [0.05, 0.1) is 6.20 Å². The van der Waals surface area contributed by atoms with E-state index < -0.39 is 0 Å². The molecule has 2 heterocycles. The zero-order chi connectivity index (χ0) is 8.67. The molecule has 0 aromatic carbocycles. The van der Waals surface area contributed by atoms with E-state index in [2.05, 4.69) is 24.8 Å². The first kappa shape index (κ1) is 7.14. The van der Waals surface area contributed by atoms with E-state index in [1.54, 1.807) is 6.20 Å². The van der Waals surface area contributed by atoms with Crippen LogP contribution in [0.5, 0.6) is 0 Å². The molecule has 0 atom stereocenters. The minimum atomic E-state index is 0.613. The molecule has 66 valence electrons. The molecule has 13 heavy (non-hydrogen) atoms. The van der Waals surface area contributed by atoms with Crippen molar-refractivity contribution in [1.29, 1.82) is 0 Å². The van der Waals surface area contributed by atoms with Gasteiger partial charge in [-0.15, -0.1) is 5.10 Å². The Kier molecular flexibility index (Phi) is 1.42. The average Bonchev–Trinajstić information content (AvgIpc) is 2.72. The second-order valence-electron chi connectivity index (χ2n) is 3.10. The smallest absolute Gasteiger partial charge is 0.194 e. The zero-order valence-electron chi connectivity index (χ0n) is 6.77. The van der Waals surface area contributed by atoms with Crippen LogP contribution in [-0.2, 0) is 0 Å². The molecule has 1 aliphatic rings. The molecule has 0 amide bonds. The van der Waals surface area contributed by atoms with Crippen LogP contribution in [0, 0.1) is 0 Å². The fourth-order valence-corrected chi connectivity index (χ4v) is 1.64. The third-order valence-corrected chi connectivity index (χ3v) is 2.71. The summed E-state index contributed by atoms with van der Waals surface area (Å²) in [7, 11) is 0. The molecule has 0 saturated heterocycles. The molecule has 0 aliphatic heterocycles. The maximum atomic E-state index is 4.38. The summed E-state index contributed by atoms with van der Waals surface area (Å²) in [6.07, 6.45) is 4.15. The summed E-state index contributed by atoms with van der Waals surface area (Å²) in [5.74, 6) is 2.34. The van der Waals surface area contributed by atoms with Crippen LogP contribution in [0.15, 0.2) is 6.20 Å². The minimum Gasteiger partial charge on any atom is -0.262 e. The van der Waals surface area contributed by atoms with Gasteiger partial charge in [-0.25, -0.2) is 4.98 Å². The van der Waals surface area contributed by atoms with Gasteiger partial charge in [0.15, 0.2) is 5.82 Å². The van der Waals surface area contributed by atoms with Crippen LogP contribution in [0.2, 0.25) is 0 Å². The number of rotatable bonds is 2. The van der Waals surface area contributed by atoms with Gasteiger partial charge < -0.3 is 0 Å². The van der Waals surface area contributed by atoms with Crippen LogP contribution in [0.3, 0.4) is 0 Å². The van der Waals surface area contributed by atoms with Gasteiger partial charge in [-0.1, -0.05) is 4.49 Å². The third-order valence-electron chi connectivity index (χ3n) is 2.05. The fraction of sp³-hybridized carbons (Fsp3) is 0.429. The monoisotopic (exact) mass is 193 g/mol. The van der Waals surface area contributed by atoms with Gasteiger partial charge in [-0.05, 0) is 24.4 Å². The van der Waals surface area contributed by atoms with Crippen molar-refractivity contribution in [2.75, 3.05) is 0 Å². The van der Waals surface area contributed by atoms with Crippen molar-refractivity contribution in [3.05, 3.63) is 12.0 Å². The average molecular weight is 193 g/mol. The highest BCUT2D eigenvalue weighted by atomic mass is 32.1. The Morgan fingerprint density at radius 1 is 1.46 bits per heavy atom. The van der Waals surface area contributed by atoms with Gasteiger partial charge in [0.25, 0.3) is 0 Å². The highest BCUT2D eigenvalue weighted by Gasteiger charge is 2.27. The van der Waals surface area contributed by atoms with Crippen molar-refractivity contribution in [2.45, 2.75) is 18.8 Å². The maximum absolute atomic E-state index is 4.38. The Hall–Kier alpha value is -1.30. The first-order valence-electron chi connectivity index (χ1n) is 4.13. The van der Waals surface area contributed by atoms with Crippen molar-refractivity contribution in [2.24, 2.45) is 0 Å². The molecule has 1 aliphatic carbocycles. The predicted octanol–water partition coefficient (Wildman–Crippen LogP) is 1.20. The van der Waals surface area contributed by atoms with Crippen LogP contribution >= 0.6 is 11.5 Å². The normalized spacial score (nSPS) is 16.3. The number of nitrogens with zero attached hydrogens (tertiary/aromatic N) is 4. The Labute approximate surface area is 78.4 Å². The number of hydrogen-bond acceptors (Lipinski definition) is 5. The molecule has 1 saturated carbocycles. The van der Waals surface area contributed by atoms with Gasteiger partial charge in [0, 0.05) is 5.92 Å². The molecule has 6 heteroatoms. The Morgan fingerprint density at radius 3 is 3.08 bits per heavy atom. The Morgan fingerprint density at radius 2 is 2.38 bits per heavy atom. The molecule has 0 spiro atoms. The van der Waals surface area contributed by atoms with E-state index in [-0.39, 0.29) is 0 Å². The topological polar surface area (TPSA) is 67.3 Å². The van der Waals surface area contributed by atoms with Crippen molar-refractivity contribution < 1.29 is 0 Å². The summed E-state index contributed by atoms with van der Waals surface area (Å²) in [6.45, 7) is 0. The van der Waals surface area contributed by atoms with Crippen LogP contribution < -0.4 is 0 Å². The Balaban J connectivity index is 1.97. The molecule has 2 aromatic rings. The second-order valence-corrected chi connectivity index (χ2v) is 3.89. The molecular weight excluding hydrogens is 186 g/mol. The molecule has 1 N–H and O–H groups in total. The van der Waals surface area contributed by atoms with Gasteiger partial charge in [0.1, 0.15) is 10.7 Å². The molecule has 2 aromatic heterocycles. The molecular formula is C7H7N5S. The van der Waals surface area contributed by atoms with E-state index in [1.807, 2.05) is 0 Å². The van der Waals surface area contributed by atoms with E-state index in [4.69, 9.17) is 0 Å². The lowest BCUT2D eigenvalue weighted by Crippen LogP contribution is -1.80. The third kappa shape index (κ3) is 1.23. The summed E-state index contributed by atoms with van der Waals surface area (Å²) < 4.78 is 3.77. The lowest BCUT2D eigenvalue weighted by atomic mass is 10.4. The molecule has 0 bridgehead atoms. The number of nitrogens with one attached hydrogen (secondary N) is 1. The van der Waals surface area contributed by atoms with E-state index in [0.29, 0.717) is 5.92 Å². The first-order chi connectivity index (χ1) is 6.43. The van der Waals surface area contributed by atoms with E-state index in [0.717, 1.165) is 16.5 Å². The van der Waals surface area contributed by atoms with Crippen molar-refractivity contribution in [1.82, 2.24) is 24.8 Å². The number of aromatic amines is 1. The van der Waals surface area contributed by atoms with Gasteiger partial charge >= 0.3 is 0 Å². The molecule has 5 nitrogen and oxygen atoms in total. The molecule has 1 fully saturated rings. The summed E-state index contributed by atoms with van der Waals surface area (Å²) in [6, 6.07) is 0. The van der Waals surface area contributed by atoms with Crippen LogP contribution in [0.4, 0.5) is 0 Å². The lowest BCUT2D eigenvalue weighted by molar-refractivity contribution is 0.935. The number of aromatic nitrogens is 5. The quantitative estimate of drug-likeness (QED) is 0.778. The lowest BCUT2D eigenvalue weighted by Gasteiger charge is -1.83. The fourth-order valence-electron chi connectivity index (χ4n) is 1.19. The summed E-state index contributed by atoms with van der Waals surface area (Å²) in [5, 5.41) is 10.8. The standard InChI is InChI=1S/C7H7N5S/c1-2-4(1)6-9-7(11-10-6)5-3-8-12-13-5/h3-4H,1-2H2,(H,9,10,11). The number of H-pyrrole nitrogens is 1. The van der Waals surface area contributed by atoms with Crippen molar-refractivity contribution >= 4 is 11.5 Å².